The summed E-state index contributed by atoms with van der Waals surface area (Å²) in [7, 11) is 1.74. The van der Waals surface area contributed by atoms with Crippen molar-refractivity contribution in [3.8, 4) is 0 Å². The zero-order chi connectivity index (χ0) is 14.7. The van der Waals surface area contributed by atoms with E-state index in [1.54, 1.807) is 7.11 Å². The molecule has 3 nitrogen and oxygen atoms in total. The SMILES string of the molecule is COCCNCc1ccc(N2CC3CCCC3C2)cc1C. The molecule has 1 saturated heterocycles. The summed E-state index contributed by atoms with van der Waals surface area (Å²) in [6.45, 7) is 7.39. The molecule has 21 heavy (non-hydrogen) atoms. The maximum Gasteiger partial charge on any atom is 0.0587 e. The minimum atomic E-state index is 0.772. The Hall–Kier alpha value is -1.06. The molecule has 1 aromatic rings. The van der Waals surface area contributed by atoms with Gasteiger partial charge in [0.1, 0.15) is 0 Å². The van der Waals surface area contributed by atoms with E-state index in [0.717, 1.165) is 31.5 Å². The predicted molar refractivity (Wildman–Crippen MR) is 87.8 cm³/mol. The van der Waals surface area contributed by atoms with Crippen LogP contribution in [-0.2, 0) is 11.3 Å². The molecule has 0 bridgehead atoms. The van der Waals surface area contributed by atoms with Crippen LogP contribution in [-0.4, -0.2) is 33.4 Å². The second-order valence-electron chi connectivity index (χ2n) is 6.64. The first-order chi connectivity index (χ1) is 10.3. The van der Waals surface area contributed by atoms with E-state index in [-0.39, 0.29) is 0 Å². The average Bonchev–Trinajstić information content (AvgIpc) is 3.06. The number of anilines is 1. The van der Waals surface area contributed by atoms with Crippen molar-refractivity contribution in [3.63, 3.8) is 0 Å². The second kappa shape index (κ2) is 6.80. The van der Waals surface area contributed by atoms with Crippen LogP contribution in [0.3, 0.4) is 0 Å². The lowest BCUT2D eigenvalue weighted by Crippen LogP contribution is -2.21. The van der Waals surface area contributed by atoms with Crippen molar-refractivity contribution in [1.29, 1.82) is 0 Å². The Morgan fingerprint density at radius 2 is 2.00 bits per heavy atom. The largest absolute Gasteiger partial charge is 0.383 e. The molecule has 2 unspecified atom stereocenters. The highest BCUT2D eigenvalue weighted by atomic mass is 16.5. The van der Waals surface area contributed by atoms with Gasteiger partial charge >= 0.3 is 0 Å². The van der Waals surface area contributed by atoms with Gasteiger partial charge < -0.3 is 15.0 Å². The van der Waals surface area contributed by atoms with Gasteiger partial charge in [-0.3, -0.25) is 0 Å². The molecule has 1 N–H and O–H groups in total. The molecule has 1 aliphatic heterocycles. The van der Waals surface area contributed by atoms with Gasteiger partial charge in [-0.15, -0.1) is 0 Å². The molecule has 3 rings (SSSR count). The fourth-order valence-corrected chi connectivity index (χ4v) is 3.92. The molecule has 2 aliphatic rings. The normalized spacial score (nSPS) is 24.6. The molecule has 1 aliphatic carbocycles. The highest BCUT2D eigenvalue weighted by Crippen LogP contribution is 2.39. The van der Waals surface area contributed by atoms with Gasteiger partial charge in [0.05, 0.1) is 6.61 Å². The lowest BCUT2D eigenvalue weighted by Gasteiger charge is -2.21. The van der Waals surface area contributed by atoms with E-state index in [4.69, 9.17) is 4.74 Å². The molecular weight excluding hydrogens is 260 g/mol. The van der Waals surface area contributed by atoms with Crippen molar-refractivity contribution in [3.05, 3.63) is 29.3 Å². The minimum Gasteiger partial charge on any atom is -0.383 e. The average molecular weight is 288 g/mol. The van der Waals surface area contributed by atoms with Crippen molar-refractivity contribution >= 4 is 5.69 Å². The Bertz CT molecular complexity index is 462. The van der Waals surface area contributed by atoms with Crippen LogP contribution in [0.1, 0.15) is 30.4 Å². The van der Waals surface area contributed by atoms with Crippen LogP contribution in [0.2, 0.25) is 0 Å². The molecular formula is C18H28N2O. The topological polar surface area (TPSA) is 24.5 Å². The Kier molecular flexibility index (Phi) is 4.81. The van der Waals surface area contributed by atoms with Crippen molar-refractivity contribution in [2.75, 3.05) is 38.3 Å². The first-order valence-electron chi connectivity index (χ1n) is 8.32. The van der Waals surface area contributed by atoms with E-state index in [1.807, 2.05) is 0 Å². The van der Waals surface area contributed by atoms with Crippen molar-refractivity contribution < 1.29 is 4.74 Å². The number of benzene rings is 1. The van der Waals surface area contributed by atoms with E-state index in [2.05, 4.69) is 35.3 Å². The number of nitrogens with one attached hydrogen (secondary N) is 1. The molecule has 0 spiro atoms. The van der Waals surface area contributed by atoms with Crippen LogP contribution in [0.5, 0.6) is 0 Å². The fraction of sp³-hybridized carbons (Fsp3) is 0.667. The number of hydrogen-bond acceptors (Lipinski definition) is 3. The Morgan fingerprint density at radius 3 is 2.67 bits per heavy atom. The Morgan fingerprint density at radius 1 is 1.24 bits per heavy atom. The quantitative estimate of drug-likeness (QED) is 0.815. The third kappa shape index (κ3) is 3.41. The Labute approximate surface area is 128 Å². The van der Waals surface area contributed by atoms with Gasteiger partial charge in [-0.25, -0.2) is 0 Å². The zero-order valence-corrected chi connectivity index (χ0v) is 13.4. The molecule has 2 atom stereocenters. The number of fused-ring (bicyclic) bond motifs is 1. The standard InChI is InChI=1S/C18H28N2O/c1-14-10-18(7-6-15(14)11-19-8-9-21-2)20-12-16-4-3-5-17(16)13-20/h6-7,10,16-17,19H,3-5,8-9,11-13H2,1-2H3. The van der Waals surface area contributed by atoms with E-state index >= 15 is 0 Å². The molecule has 1 aromatic carbocycles. The Balaban J connectivity index is 1.59. The summed E-state index contributed by atoms with van der Waals surface area (Å²) in [6.07, 6.45) is 4.34. The van der Waals surface area contributed by atoms with Crippen LogP contribution in [0.15, 0.2) is 18.2 Å². The van der Waals surface area contributed by atoms with E-state index < -0.39 is 0 Å². The molecule has 0 radical (unpaired) electrons. The predicted octanol–water partition coefficient (Wildman–Crippen LogP) is 2.97. The van der Waals surface area contributed by atoms with Gasteiger partial charge in [0.15, 0.2) is 0 Å². The number of ether oxygens (including phenoxy) is 1. The smallest absolute Gasteiger partial charge is 0.0587 e. The highest BCUT2D eigenvalue weighted by Gasteiger charge is 2.36. The van der Waals surface area contributed by atoms with Crippen LogP contribution < -0.4 is 10.2 Å². The summed E-state index contributed by atoms with van der Waals surface area (Å²) >= 11 is 0. The third-order valence-corrected chi connectivity index (χ3v) is 5.22. The van der Waals surface area contributed by atoms with E-state index in [9.17, 15) is 0 Å². The van der Waals surface area contributed by atoms with Crippen LogP contribution >= 0.6 is 0 Å². The highest BCUT2D eigenvalue weighted by molar-refractivity contribution is 5.52. The molecule has 1 saturated carbocycles. The zero-order valence-electron chi connectivity index (χ0n) is 13.4. The summed E-state index contributed by atoms with van der Waals surface area (Å²) in [6, 6.07) is 6.97. The van der Waals surface area contributed by atoms with Gasteiger partial charge in [0.25, 0.3) is 0 Å². The van der Waals surface area contributed by atoms with Crippen LogP contribution in [0, 0.1) is 18.8 Å². The van der Waals surface area contributed by atoms with Gasteiger partial charge in [0.2, 0.25) is 0 Å². The summed E-state index contributed by atoms with van der Waals surface area (Å²) in [5.41, 5.74) is 4.21. The minimum absolute atomic E-state index is 0.772. The monoisotopic (exact) mass is 288 g/mol. The number of methoxy groups -OCH3 is 1. The number of hydrogen-bond donors (Lipinski definition) is 1. The molecule has 116 valence electrons. The third-order valence-electron chi connectivity index (χ3n) is 5.22. The summed E-state index contributed by atoms with van der Waals surface area (Å²) < 4.78 is 5.06. The van der Waals surface area contributed by atoms with Crippen molar-refractivity contribution in [2.45, 2.75) is 32.7 Å². The summed E-state index contributed by atoms with van der Waals surface area (Å²) in [4.78, 5) is 2.60. The summed E-state index contributed by atoms with van der Waals surface area (Å²) in [5.74, 6) is 1.92. The summed E-state index contributed by atoms with van der Waals surface area (Å²) in [5, 5.41) is 3.43. The van der Waals surface area contributed by atoms with Gasteiger partial charge in [-0.05, 0) is 54.9 Å². The van der Waals surface area contributed by atoms with Crippen LogP contribution in [0.25, 0.3) is 0 Å². The maximum absolute atomic E-state index is 5.06. The lowest BCUT2D eigenvalue weighted by atomic mass is 10.0. The van der Waals surface area contributed by atoms with Crippen molar-refractivity contribution in [2.24, 2.45) is 11.8 Å². The maximum atomic E-state index is 5.06. The molecule has 3 heteroatoms. The number of aryl methyl sites for hydroxylation is 1. The van der Waals surface area contributed by atoms with Gasteiger partial charge in [0, 0.05) is 39.0 Å². The molecule has 1 heterocycles. The van der Waals surface area contributed by atoms with Crippen LogP contribution in [0.4, 0.5) is 5.69 Å². The van der Waals surface area contributed by atoms with Gasteiger partial charge in [-0.1, -0.05) is 12.5 Å². The van der Waals surface area contributed by atoms with Gasteiger partial charge in [-0.2, -0.15) is 0 Å². The molecule has 0 aromatic heterocycles. The van der Waals surface area contributed by atoms with E-state index in [0.29, 0.717) is 0 Å². The fourth-order valence-electron chi connectivity index (χ4n) is 3.92. The first kappa shape index (κ1) is 14.9. The van der Waals surface area contributed by atoms with Crippen molar-refractivity contribution in [1.82, 2.24) is 5.32 Å². The first-order valence-corrected chi connectivity index (χ1v) is 8.32. The molecule has 0 amide bonds. The second-order valence-corrected chi connectivity index (χ2v) is 6.64. The van der Waals surface area contributed by atoms with E-state index in [1.165, 1.54) is 49.2 Å². The number of rotatable bonds is 6. The lowest BCUT2D eigenvalue weighted by molar-refractivity contribution is 0.199. The molecule has 2 fully saturated rings. The number of nitrogens with zero attached hydrogens (tertiary/aromatic N) is 1.